The lowest BCUT2D eigenvalue weighted by atomic mass is 10.1. The van der Waals surface area contributed by atoms with Gasteiger partial charge in [0.2, 0.25) is 5.16 Å². The van der Waals surface area contributed by atoms with E-state index in [0.29, 0.717) is 16.8 Å². The lowest BCUT2D eigenvalue weighted by Crippen LogP contribution is -1.99. The van der Waals surface area contributed by atoms with E-state index in [9.17, 15) is 4.21 Å². The first kappa shape index (κ1) is 13.4. The van der Waals surface area contributed by atoms with Gasteiger partial charge in [-0.15, -0.1) is 11.3 Å². The number of H-pyrrole nitrogens is 1. The second-order valence-electron chi connectivity index (χ2n) is 4.45. The summed E-state index contributed by atoms with van der Waals surface area (Å²) in [5.41, 5.74) is 0.869. The molecule has 98 valence electrons. The van der Waals surface area contributed by atoms with Crippen molar-refractivity contribution in [2.24, 2.45) is 5.92 Å². The van der Waals surface area contributed by atoms with Crippen LogP contribution in [0.3, 0.4) is 0 Å². The van der Waals surface area contributed by atoms with E-state index in [4.69, 9.17) is 0 Å². The number of nitrogens with zero attached hydrogens (tertiary/aromatic N) is 3. The maximum Gasteiger partial charge on any atom is 0.214 e. The zero-order valence-electron chi connectivity index (χ0n) is 10.4. The number of thiazole rings is 1. The molecule has 0 aromatic carbocycles. The number of hydrogen-bond donors (Lipinski definition) is 1. The van der Waals surface area contributed by atoms with E-state index >= 15 is 0 Å². The van der Waals surface area contributed by atoms with Crippen molar-refractivity contribution in [3.8, 4) is 0 Å². The minimum atomic E-state index is -1.19. The number of nitrogens with one attached hydrogen (secondary N) is 1. The molecule has 0 bridgehead atoms. The molecule has 0 aliphatic carbocycles. The van der Waals surface area contributed by atoms with Crippen molar-refractivity contribution in [1.82, 2.24) is 20.2 Å². The van der Waals surface area contributed by atoms with Crippen LogP contribution in [0.25, 0.3) is 0 Å². The Morgan fingerprint density at radius 1 is 1.50 bits per heavy atom. The van der Waals surface area contributed by atoms with Gasteiger partial charge in [0.1, 0.15) is 6.33 Å². The predicted octanol–water partition coefficient (Wildman–Crippen LogP) is 2.16. The van der Waals surface area contributed by atoms with Gasteiger partial charge >= 0.3 is 0 Å². The SMILES string of the molecule is CC(C)CCc1nc(C[S@@](=O)c2ncn[nH]2)cs1. The summed E-state index contributed by atoms with van der Waals surface area (Å²) >= 11 is 1.64. The van der Waals surface area contributed by atoms with Crippen molar-refractivity contribution in [2.45, 2.75) is 37.6 Å². The van der Waals surface area contributed by atoms with E-state index in [-0.39, 0.29) is 0 Å². The largest absolute Gasteiger partial charge is 0.252 e. The summed E-state index contributed by atoms with van der Waals surface area (Å²) in [7, 11) is -1.19. The number of aromatic amines is 1. The number of rotatable bonds is 6. The van der Waals surface area contributed by atoms with Gasteiger partial charge in [-0.2, -0.15) is 5.10 Å². The Morgan fingerprint density at radius 2 is 2.33 bits per heavy atom. The Labute approximate surface area is 113 Å². The summed E-state index contributed by atoms with van der Waals surface area (Å²) in [6.45, 7) is 4.40. The van der Waals surface area contributed by atoms with Crippen LogP contribution >= 0.6 is 11.3 Å². The molecule has 2 aromatic heterocycles. The van der Waals surface area contributed by atoms with Crippen LogP contribution in [0.1, 0.15) is 31.0 Å². The van der Waals surface area contributed by atoms with E-state index in [1.807, 2.05) is 5.38 Å². The van der Waals surface area contributed by atoms with Crippen molar-refractivity contribution >= 4 is 22.1 Å². The predicted molar refractivity (Wildman–Crippen MR) is 71.8 cm³/mol. The normalized spacial score (nSPS) is 13.1. The molecule has 5 nitrogen and oxygen atoms in total. The third kappa shape index (κ3) is 3.71. The molecule has 1 atom stereocenters. The molecule has 0 amide bonds. The first-order chi connectivity index (χ1) is 8.65. The number of hydrogen-bond acceptors (Lipinski definition) is 5. The van der Waals surface area contributed by atoms with Gasteiger partial charge in [-0.3, -0.25) is 9.31 Å². The van der Waals surface area contributed by atoms with E-state index in [1.54, 1.807) is 11.3 Å². The molecule has 0 saturated heterocycles. The third-order valence-corrected chi connectivity index (χ3v) is 4.57. The zero-order chi connectivity index (χ0) is 13.0. The fraction of sp³-hybridized carbons (Fsp3) is 0.545. The van der Waals surface area contributed by atoms with Crippen molar-refractivity contribution in [1.29, 1.82) is 0 Å². The van der Waals surface area contributed by atoms with Gasteiger partial charge in [-0.25, -0.2) is 9.97 Å². The average molecular weight is 284 g/mol. The van der Waals surface area contributed by atoms with Crippen LogP contribution in [0.15, 0.2) is 16.9 Å². The fourth-order valence-electron chi connectivity index (χ4n) is 1.45. The van der Waals surface area contributed by atoms with Crippen LogP contribution in [0.2, 0.25) is 0 Å². The second kappa shape index (κ2) is 6.19. The molecule has 18 heavy (non-hydrogen) atoms. The van der Waals surface area contributed by atoms with Crippen LogP contribution in [0.5, 0.6) is 0 Å². The highest BCUT2D eigenvalue weighted by atomic mass is 32.2. The van der Waals surface area contributed by atoms with E-state index in [2.05, 4.69) is 34.0 Å². The van der Waals surface area contributed by atoms with Crippen LogP contribution in [-0.2, 0) is 23.0 Å². The molecule has 2 aromatic rings. The van der Waals surface area contributed by atoms with Crippen molar-refractivity contribution < 1.29 is 4.21 Å². The average Bonchev–Trinajstić information content (AvgIpc) is 2.97. The fourth-order valence-corrected chi connectivity index (χ4v) is 3.24. The molecule has 1 N–H and O–H groups in total. The van der Waals surface area contributed by atoms with E-state index in [1.165, 1.54) is 6.33 Å². The molecule has 0 aliphatic rings. The summed E-state index contributed by atoms with van der Waals surface area (Å²) < 4.78 is 11.9. The summed E-state index contributed by atoms with van der Waals surface area (Å²) in [6.07, 6.45) is 3.50. The van der Waals surface area contributed by atoms with Crippen LogP contribution < -0.4 is 0 Å². The first-order valence-electron chi connectivity index (χ1n) is 5.82. The Morgan fingerprint density at radius 3 is 3.00 bits per heavy atom. The third-order valence-electron chi connectivity index (χ3n) is 2.42. The number of aromatic nitrogens is 4. The summed E-state index contributed by atoms with van der Waals surface area (Å²) in [6, 6.07) is 0. The van der Waals surface area contributed by atoms with Crippen molar-refractivity contribution in [2.75, 3.05) is 0 Å². The quantitative estimate of drug-likeness (QED) is 0.882. The Bertz CT molecular complexity index is 507. The van der Waals surface area contributed by atoms with Gasteiger partial charge in [-0.05, 0) is 18.8 Å². The minimum absolute atomic E-state index is 0.396. The van der Waals surface area contributed by atoms with E-state index < -0.39 is 10.8 Å². The molecule has 2 heterocycles. The van der Waals surface area contributed by atoms with Gasteiger partial charge in [0.15, 0.2) is 0 Å². The molecule has 2 rings (SSSR count). The zero-order valence-corrected chi connectivity index (χ0v) is 12.1. The highest BCUT2D eigenvalue weighted by Crippen LogP contribution is 2.16. The van der Waals surface area contributed by atoms with Crippen LogP contribution in [-0.4, -0.2) is 24.4 Å². The molecular weight excluding hydrogens is 268 g/mol. The number of aryl methyl sites for hydroxylation is 1. The summed E-state index contributed by atoms with van der Waals surface area (Å²) in [4.78, 5) is 8.38. The topological polar surface area (TPSA) is 71.5 Å². The highest BCUT2D eigenvalue weighted by Gasteiger charge is 2.11. The summed E-state index contributed by atoms with van der Waals surface area (Å²) in [5, 5.41) is 9.81. The molecule has 0 spiro atoms. The van der Waals surface area contributed by atoms with Crippen molar-refractivity contribution in [3.63, 3.8) is 0 Å². The first-order valence-corrected chi connectivity index (χ1v) is 8.02. The van der Waals surface area contributed by atoms with Gasteiger partial charge in [0.05, 0.1) is 27.3 Å². The molecule has 0 radical (unpaired) electrons. The van der Waals surface area contributed by atoms with Crippen molar-refractivity contribution in [3.05, 3.63) is 22.4 Å². The minimum Gasteiger partial charge on any atom is -0.252 e. The second-order valence-corrected chi connectivity index (χ2v) is 6.75. The molecule has 7 heteroatoms. The molecule has 0 fully saturated rings. The monoisotopic (exact) mass is 284 g/mol. The molecule has 0 unspecified atom stereocenters. The lowest BCUT2D eigenvalue weighted by molar-refractivity contribution is 0.585. The van der Waals surface area contributed by atoms with Crippen LogP contribution in [0, 0.1) is 5.92 Å². The van der Waals surface area contributed by atoms with Gasteiger partial charge in [0.25, 0.3) is 0 Å². The van der Waals surface area contributed by atoms with Gasteiger partial charge in [0, 0.05) is 5.38 Å². The molecule has 0 saturated carbocycles. The smallest absolute Gasteiger partial charge is 0.214 e. The summed E-state index contributed by atoms with van der Waals surface area (Å²) in [5.74, 6) is 1.08. The van der Waals surface area contributed by atoms with Gasteiger partial charge in [-0.1, -0.05) is 13.8 Å². The maximum absolute atomic E-state index is 11.9. The standard InChI is InChI=1S/C11H16N4OS2/c1-8(2)3-4-10-14-9(5-17-10)6-18(16)11-12-7-13-15-11/h5,7-8H,3-4,6H2,1-2H3,(H,12,13,15)/t18-/m1/s1. The Kier molecular flexibility index (Phi) is 4.60. The highest BCUT2D eigenvalue weighted by molar-refractivity contribution is 7.84. The van der Waals surface area contributed by atoms with Gasteiger partial charge < -0.3 is 0 Å². The Balaban J connectivity index is 1.92. The molecular formula is C11H16N4OS2. The van der Waals surface area contributed by atoms with E-state index in [0.717, 1.165) is 23.5 Å². The maximum atomic E-state index is 11.9. The molecule has 0 aliphatic heterocycles. The lowest BCUT2D eigenvalue weighted by Gasteiger charge is -2.00. The van der Waals surface area contributed by atoms with Crippen LogP contribution in [0.4, 0.5) is 0 Å². The Hall–Kier alpha value is -1.08.